The normalized spacial score (nSPS) is 18.5. The van der Waals surface area contributed by atoms with E-state index in [1.54, 1.807) is 6.20 Å². The number of amidine groups is 1. The lowest BCUT2D eigenvalue weighted by Gasteiger charge is -2.29. The molecular formula is C20H21N3O4S. The zero-order valence-corrected chi connectivity index (χ0v) is 16.7. The van der Waals surface area contributed by atoms with Crippen LogP contribution in [0.4, 0.5) is 4.79 Å². The van der Waals surface area contributed by atoms with Gasteiger partial charge in [-0.15, -0.1) is 4.40 Å². The summed E-state index contributed by atoms with van der Waals surface area (Å²) in [6, 6.07) is 7.44. The van der Waals surface area contributed by atoms with Crippen molar-refractivity contribution >= 4 is 38.4 Å². The second kappa shape index (κ2) is 6.34. The van der Waals surface area contributed by atoms with E-state index in [1.807, 2.05) is 68.3 Å². The van der Waals surface area contributed by atoms with Gasteiger partial charge < -0.3 is 9.64 Å². The first-order valence-electron chi connectivity index (χ1n) is 8.96. The molecule has 1 aromatic carbocycles. The molecule has 1 aromatic heterocycles. The van der Waals surface area contributed by atoms with Gasteiger partial charge in [-0.25, -0.2) is 13.2 Å². The van der Waals surface area contributed by atoms with Crippen molar-refractivity contribution in [2.24, 2.45) is 4.40 Å². The third-order valence-electron chi connectivity index (χ3n) is 4.45. The van der Waals surface area contributed by atoms with Crippen LogP contribution in [-0.4, -0.2) is 47.7 Å². The third kappa shape index (κ3) is 3.47. The zero-order chi connectivity index (χ0) is 20.1. The Labute approximate surface area is 163 Å². The van der Waals surface area contributed by atoms with Crippen LogP contribution in [-0.2, 0) is 14.8 Å². The molecular weight excluding hydrogens is 378 g/mol. The van der Waals surface area contributed by atoms with E-state index in [-0.39, 0.29) is 5.75 Å². The van der Waals surface area contributed by atoms with Crippen molar-refractivity contribution in [2.45, 2.75) is 26.4 Å². The summed E-state index contributed by atoms with van der Waals surface area (Å²) in [5.74, 6) is 0.436. The first-order valence-corrected chi connectivity index (χ1v) is 10.6. The van der Waals surface area contributed by atoms with Gasteiger partial charge in [0, 0.05) is 29.9 Å². The van der Waals surface area contributed by atoms with Crippen LogP contribution in [0.3, 0.4) is 0 Å². The molecule has 2 aliphatic rings. The van der Waals surface area contributed by atoms with Crippen LogP contribution in [0.15, 0.2) is 53.2 Å². The number of carbonyl (C=O) groups is 1. The highest BCUT2D eigenvalue weighted by Crippen LogP contribution is 2.28. The highest BCUT2D eigenvalue weighted by atomic mass is 32.2. The van der Waals surface area contributed by atoms with Crippen LogP contribution >= 0.6 is 0 Å². The van der Waals surface area contributed by atoms with E-state index in [9.17, 15) is 13.2 Å². The Morgan fingerprint density at radius 1 is 1.21 bits per heavy atom. The van der Waals surface area contributed by atoms with Crippen molar-refractivity contribution in [2.75, 3.05) is 12.3 Å². The lowest BCUT2D eigenvalue weighted by atomic mass is 10.0. The van der Waals surface area contributed by atoms with Gasteiger partial charge in [-0.05, 0) is 56.7 Å². The molecule has 146 valence electrons. The van der Waals surface area contributed by atoms with Crippen LogP contribution in [0.5, 0.6) is 0 Å². The number of aromatic nitrogens is 1. The van der Waals surface area contributed by atoms with Crippen LogP contribution in [0.2, 0.25) is 0 Å². The maximum atomic E-state index is 12.4. The van der Waals surface area contributed by atoms with Crippen molar-refractivity contribution in [1.82, 2.24) is 9.47 Å². The van der Waals surface area contributed by atoms with Gasteiger partial charge in [-0.3, -0.25) is 4.57 Å². The van der Waals surface area contributed by atoms with E-state index in [4.69, 9.17) is 4.74 Å². The smallest absolute Gasteiger partial charge is 0.418 e. The number of hydrogen-bond acceptors (Lipinski definition) is 5. The number of benzene rings is 1. The molecule has 2 aromatic rings. The summed E-state index contributed by atoms with van der Waals surface area (Å²) in [4.78, 5) is 14.2. The van der Waals surface area contributed by atoms with Crippen molar-refractivity contribution in [1.29, 1.82) is 0 Å². The second-order valence-electron chi connectivity index (χ2n) is 7.76. The molecule has 0 bridgehead atoms. The van der Waals surface area contributed by atoms with Gasteiger partial charge in [0.25, 0.3) is 10.0 Å². The topological polar surface area (TPSA) is 81.0 Å². The average molecular weight is 399 g/mol. The van der Waals surface area contributed by atoms with Crippen molar-refractivity contribution in [3.05, 3.63) is 54.4 Å². The quantitative estimate of drug-likeness (QED) is 0.734. The van der Waals surface area contributed by atoms with E-state index in [2.05, 4.69) is 4.40 Å². The van der Waals surface area contributed by atoms with Gasteiger partial charge in [-0.1, -0.05) is 6.07 Å². The molecule has 4 rings (SSSR count). The van der Waals surface area contributed by atoms with Crippen LogP contribution < -0.4 is 0 Å². The number of hydrogen-bond donors (Lipinski definition) is 0. The number of rotatable bonds is 1. The molecule has 0 unspecified atom stereocenters. The Balaban J connectivity index is 1.73. The minimum absolute atomic E-state index is 0.00585. The van der Waals surface area contributed by atoms with Gasteiger partial charge >= 0.3 is 6.09 Å². The molecule has 0 saturated heterocycles. The predicted octanol–water partition coefficient (Wildman–Crippen LogP) is 3.38. The number of sulfonamides is 1. The maximum absolute atomic E-state index is 12.4. The minimum atomic E-state index is -3.45. The molecule has 8 heteroatoms. The molecule has 0 spiro atoms. The lowest BCUT2D eigenvalue weighted by Crippen LogP contribution is -2.37. The SMILES string of the molecule is CC(C)(C)OC(=O)n1ccc2cc(C3=CC=CN4CCS(=O)(=O)N=C34)ccc21. The fourth-order valence-corrected chi connectivity index (χ4v) is 4.21. The van der Waals surface area contributed by atoms with Crippen LogP contribution in [0, 0.1) is 0 Å². The highest BCUT2D eigenvalue weighted by Gasteiger charge is 2.27. The van der Waals surface area contributed by atoms with Gasteiger partial charge in [0.15, 0.2) is 5.84 Å². The van der Waals surface area contributed by atoms with Crippen molar-refractivity contribution in [3.8, 4) is 0 Å². The van der Waals surface area contributed by atoms with Gasteiger partial charge in [0.2, 0.25) is 0 Å². The third-order valence-corrected chi connectivity index (χ3v) is 5.60. The Bertz CT molecular complexity index is 1160. The Morgan fingerprint density at radius 2 is 2.00 bits per heavy atom. The van der Waals surface area contributed by atoms with Crippen LogP contribution in [0.25, 0.3) is 16.5 Å². The second-order valence-corrected chi connectivity index (χ2v) is 9.51. The summed E-state index contributed by atoms with van der Waals surface area (Å²) in [5, 5.41) is 0.852. The molecule has 0 atom stereocenters. The number of ether oxygens (including phenoxy) is 1. The first kappa shape index (κ1) is 18.5. The van der Waals surface area contributed by atoms with Crippen molar-refractivity contribution in [3.63, 3.8) is 0 Å². The van der Waals surface area contributed by atoms with Gasteiger partial charge in [0.05, 0.1) is 11.3 Å². The summed E-state index contributed by atoms with van der Waals surface area (Å²) in [6.07, 6.45) is 6.79. The van der Waals surface area contributed by atoms with E-state index in [0.717, 1.165) is 22.0 Å². The average Bonchev–Trinajstić information content (AvgIpc) is 3.02. The number of allylic oxidation sites excluding steroid dienone is 2. The number of nitrogens with zero attached hydrogens (tertiary/aromatic N) is 3. The summed E-state index contributed by atoms with van der Waals surface area (Å²) >= 11 is 0. The monoisotopic (exact) mass is 399 g/mol. The molecule has 2 aliphatic heterocycles. The Morgan fingerprint density at radius 3 is 2.75 bits per heavy atom. The molecule has 0 aliphatic carbocycles. The summed E-state index contributed by atoms with van der Waals surface area (Å²) in [5.41, 5.74) is 1.71. The number of carbonyl (C=O) groups excluding carboxylic acids is 1. The lowest BCUT2D eigenvalue weighted by molar-refractivity contribution is 0.0544. The Hall–Kier alpha value is -2.87. The van der Waals surface area contributed by atoms with Crippen molar-refractivity contribution < 1.29 is 17.9 Å². The van der Waals surface area contributed by atoms with E-state index in [1.165, 1.54) is 4.57 Å². The highest BCUT2D eigenvalue weighted by molar-refractivity contribution is 7.90. The molecule has 0 saturated carbocycles. The van der Waals surface area contributed by atoms with Gasteiger partial charge in [0.1, 0.15) is 5.60 Å². The molecule has 0 amide bonds. The van der Waals surface area contributed by atoms with E-state index >= 15 is 0 Å². The molecule has 3 heterocycles. The van der Waals surface area contributed by atoms with E-state index < -0.39 is 21.7 Å². The molecule has 28 heavy (non-hydrogen) atoms. The Kier molecular flexibility index (Phi) is 4.19. The molecule has 7 nitrogen and oxygen atoms in total. The minimum Gasteiger partial charge on any atom is -0.443 e. The first-order chi connectivity index (χ1) is 13.1. The number of fused-ring (bicyclic) bond motifs is 2. The molecule has 0 radical (unpaired) electrons. The molecule has 0 fully saturated rings. The summed E-state index contributed by atoms with van der Waals surface area (Å²) < 4.78 is 34.8. The maximum Gasteiger partial charge on any atom is 0.418 e. The van der Waals surface area contributed by atoms with E-state index in [0.29, 0.717) is 12.4 Å². The van der Waals surface area contributed by atoms with Crippen LogP contribution in [0.1, 0.15) is 26.3 Å². The standard InChI is InChI=1S/C20H21N3O4S/c1-20(2,3)27-19(24)23-10-8-15-13-14(6-7-17(15)23)16-5-4-9-22-11-12-28(25,26)21-18(16)22/h4-10,13H,11-12H2,1-3H3. The largest absolute Gasteiger partial charge is 0.443 e. The van der Waals surface area contributed by atoms with Gasteiger partial charge in [-0.2, -0.15) is 0 Å². The zero-order valence-electron chi connectivity index (χ0n) is 15.9. The fraction of sp³-hybridized carbons (Fsp3) is 0.300. The summed E-state index contributed by atoms with van der Waals surface area (Å²) in [7, 11) is -3.45. The fourth-order valence-electron chi connectivity index (χ4n) is 3.22. The molecule has 0 N–H and O–H groups in total. The predicted molar refractivity (Wildman–Crippen MR) is 109 cm³/mol. The summed E-state index contributed by atoms with van der Waals surface area (Å²) in [6.45, 7) is 5.85.